The molecule has 0 spiro atoms. The molecule has 0 amide bonds. The molecule has 0 N–H and O–H groups in total. The van der Waals surface area contributed by atoms with Gasteiger partial charge in [0.1, 0.15) is 0 Å². The number of hydrogen-bond acceptors (Lipinski definition) is 2. The molecule has 2 aromatic carbocycles. The van der Waals surface area contributed by atoms with E-state index in [2.05, 4.69) is 80.8 Å². The summed E-state index contributed by atoms with van der Waals surface area (Å²) < 4.78 is 0. The topological polar surface area (TPSA) is 3.24 Å². The minimum absolute atomic E-state index is 0.492. The summed E-state index contributed by atoms with van der Waals surface area (Å²) in [4.78, 5) is 2.66. The Kier molecular flexibility index (Phi) is 5.13. The van der Waals surface area contributed by atoms with Crippen molar-refractivity contribution in [3.8, 4) is 0 Å². The molecule has 0 aliphatic carbocycles. The Morgan fingerprint density at radius 3 is 2.43 bits per heavy atom. The standard InChI is InChI=1S/C21H27NS/c1-15-10-16(2)12-19(11-15)13-21(22-8-9-23-14-22)20-7-5-6-17(3)18(20)4/h5-7,10-12,21H,8-9,13-14H2,1-4H3. The first-order valence-corrected chi connectivity index (χ1v) is 9.65. The molecule has 1 nitrogen and oxygen atoms in total. The minimum atomic E-state index is 0.492. The smallest absolute Gasteiger partial charge is 0.0451 e. The SMILES string of the molecule is Cc1cc(C)cc(CC(c2cccc(C)c2C)N2CCSC2)c1. The van der Waals surface area contributed by atoms with E-state index in [0.717, 1.165) is 12.3 Å². The van der Waals surface area contributed by atoms with Gasteiger partial charge in [-0.1, -0.05) is 47.5 Å². The molecule has 2 aromatic rings. The third-order valence-electron chi connectivity index (χ3n) is 4.94. The molecule has 0 bridgehead atoms. The Hall–Kier alpha value is -1.25. The lowest BCUT2D eigenvalue weighted by Gasteiger charge is -2.29. The molecule has 1 heterocycles. The van der Waals surface area contributed by atoms with E-state index in [0.29, 0.717) is 6.04 Å². The number of rotatable bonds is 4. The average Bonchev–Trinajstić information content (AvgIpc) is 3.01. The van der Waals surface area contributed by atoms with Gasteiger partial charge < -0.3 is 0 Å². The first-order valence-electron chi connectivity index (χ1n) is 8.49. The maximum absolute atomic E-state index is 2.66. The summed E-state index contributed by atoms with van der Waals surface area (Å²) in [6, 6.07) is 14.2. The molecule has 1 unspecified atom stereocenters. The third kappa shape index (κ3) is 3.81. The van der Waals surface area contributed by atoms with Crippen LogP contribution in [0.5, 0.6) is 0 Å². The number of aryl methyl sites for hydroxylation is 3. The highest BCUT2D eigenvalue weighted by Gasteiger charge is 2.25. The molecule has 1 fully saturated rings. The molecule has 1 atom stereocenters. The molecule has 1 aliphatic rings. The fourth-order valence-electron chi connectivity index (χ4n) is 3.65. The lowest BCUT2D eigenvalue weighted by molar-refractivity contribution is 0.257. The van der Waals surface area contributed by atoms with E-state index < -0.39 is 0 Å². The van der Waals surface area contributed by atoms with Gasteiger partial charge in [-0.25, -0.2) is 0 Å². The van der Waals surface area contributed by atoms with E-state index in [4.69, 9.17) is 0 Å². The minimum Gasteiger partial charge on any atom is -0.286 e. The van der Waals surface area contributed by atoms with Gasteiger partial charge in [0.15, 0.2) is 0 Å². The molecule has 0 aromatic heterocycles. The monoisotopic (exact) mass is 325 g/mol. The van der Waals surface area contributed by atoms with Gasteiger partial charge in [-0.05, 0) is 56.4 Å². The Morgan fingerprint density at radius 2 is 1.78 bits per heavy atom. The molecular formula is C21H27NS. The van der Waals surface area contributed by atoms with Crippen molar-refractivity contribution >= 4 is 11.8 Å². The maximum Gasteiger partial charge on any atom is 0.0451 e. The zero-order valence-electron chi connectivity index (χ0n) is 14.7. The van der Waals surface area contributed by atoms with Crippen LogP contribution in [0.25, 0.3) is 0 Å². The van der Waals surface area contributed by atoms with Gasteiger partial charge in [0.05, 0.1) is 0 Å². The fourth-order valence-corrected chi connectivity index (χ4v) is 4.69. The van der Waals surface area contributed by atoms with Crippen LogP contribution in [0.2, 0.25) is 0 Å². The van der Waals surface area contributed by atoms with Crippen LogP contribution in [-0.4, -0.2) is 23.1 Å². The quantitative estimate of drug-likeness (QED) is 0.759. The van der Waals surface area contributed by atoms with Crippen molar-refractivity contribution in [2.45, 2.75) is 40.2 Å². The first kappa shape index (κ1) is 16.6. The van der Waals surface area contributed by atoms with Crippen LogP contribution in [0.4, 0.5) is 0 Å². The predicted octanol–water partition coefficient (Wildman–Crippen LogP) is 5.21. The summed E-state index contributed by atoms with van der Waals surface area (Å²) in [5, 5.41) is 0. The summed E-state index contributed by atoms with van der Waals surface area (Å²) in [7, 11) is 0. The Balaban J connectivity index is 1.97. The van der Waals surface area contributed by atoms with Crippen molar-refractivity contribution in [2.24, 2.45) is 0 Å². The van der Waals surface area contributed by atoms with Crippen LogP contribution < -0.4 is 0 Å². The largest absolute Gasteiger partial charge is 0.286 e. The molecule has 122 valence electrons. The summed E-state index contributed by atoms with van der Waals surface area (Å²) in [6.07, 6.45) is 1.10. The van der Waals surface area contributed by atoms with Crippen LogP contribution >= 0.6 is 11.8 Å². The first-order chi connectivity index (χ1) is 11.0. The van der Waals surface area contributed by atoms with Crippen molar-refractivity contribution in [1.82, 2.24) is 4.90 Å². The molecule has 1 saturated heterocycles. The maximum atomic E-state index is 2.66. The van der Waals surface area contributed by atoms with E-state index in [9.17, 15) is 0 Å². The van der Waals surface area contributed by atoms with Gasteiger partial charge in [-0.2, -0.15) is 0 Å². The van der Waals surface area contributed by atoms with Crippen LogP contribution in [-0.2, 0) is 6.42 Å². The van der Waals surface area contributed by atoms with E-state index in [-0.39, 0.29) is 0 Å². The lowest BCUT2D eigenvalue weighted by Crippen LogP contribution is -2.28. The molecule has 1 aliphatic heterocycles. The molecule has 0 radical (unpaired) electrons. The highest BCUT2D eigenvalue weighted by atomic mass is 32.2. The highest BCUT2D eigenvalue weighted by Crippen LogP contribution is 2.33. The van der Waals surface area contributed by atoms with Crippen molar-refractivity contribution in [3.63, 3.8) is 0 Å². The second-order valence-corrected chi connectivity index (χ2v) is 7.93. The zero-order valence-corrected chi connectivity index (χ0v) is 15.5. The van der Waals surface area contributed by atoms with Crippen molar-refractivity contribution in [3.05, 3.63) is 69.8 Å². The summed E-state index contributed by atoms with van der Waals surface area (Å²) >= 11 is 2.06. The Morgan fingerprint density at radius 1 is 1.04 bits per heavy atom. The Labute approximate surface area is 145 Å². The van der Waals surface area contributed by atoms with E-state index in [1.54, 1.807) is 0 Å². The van der Waals surface area contributed by atoms with E-state index >= 15 is 0 Å². The summed E-state index contributed by atoms with van der Waals surface area (Å²) in [5.41, 5.74) is 8.57. The molecule has 23 heavy (non-hydrogen) atoms. The molecule has 0 saturated carbocycles. The van der Waals surface area contributed by atoms with Crippen LogP contribution in [0.3, 0.4) is 0 Å². The number of thioether (sulfide) groups is 1. The average molecular weight is 326 g/mol. The molecule has 2 heteroatoms. The van der Waals surface area contributed by atoms with Gasteiger partial charge >= 0.3 is 0 Å². The number of nitrogens with zero attached hydrogens (tertiary/aromatic N) is 1. The third-order valence-corrected chi connectivity index (χ3v) is 5.92. The van der Waals surface area contributed by atoms with Crippen molar-refractivity contribution in [2.75, 3.05) is 18.2 Å². The van der Waals surface area contributed by atoms with E-state index in [1.165, 1.54) is 45.7 Å². The van der Waals surface area contributed by atoms with Crippen LogP contribution in [0.1, 0.15) is 39.4 Å². The highest BCUT2D eigenvalue weighted by molar-refractivity contribution is 7.99. The van der Waals surface area contributed by atoms with Gasteiger partial charge in [0.2, 0.25) is 0 Å². The predicted molar refractivity (Wildman–Crippen MR) is 102 cm³/mol. The summed E-state index contributed by atoms with van der Waals surface area (Å²) in [6.45, 7) is 10.1. The second kappa shape index (κ2) is 7.11. The Bertz CT molecular complexity index is 666. The molecular weight excluding hydrogens is 298 g/mol. The van der Waals surface area contributed by atoms with Crippen LogP contribution in [0.15, 0.2) is 36.4 Å². The molecule has 3 rings (SSSR count). The lowest BCUT2D eigenvalue weighted by atomic mass is 9.91. The number of benzene rings is 2. The normalized spacial score (nSPS) is 16.7. The van der Waals surface area contributed by atoms with Gasteiger partial charge in [-0.15, -0.1) is 11.8 Å². The zero-order chi connectivity index (χ0) is 16.4. The fraction of sp³-hybridized carbons (Fsp3) is 0.429. The van der Waals surface area contributed by atoms with Gasteiger partial charge in [0.25, 0.3) is 0 Å². The van der Waals surface area contributed by atoms with Crippen molar-refractivity contribution < 1.29 is 0 Å². The second-order valence-electron chi connectivity index (χ2n) is 6.85. The van der Waals surface area contributed by atoms with Crippen molar-refractivity contribution in [1.29, 1.82) is 0 Å². The van der Waals surface area contributed by atoms with E-state index in [1.807, 2.05) is 0 Å². The van der Waals surface area contributed by atoms with Crippen LogP contribution in [0, 0.1) is 27.7 Å². The summed E-state index contributed by atoms with van der Waals surface area (Å²) in [5.74, 6) is 2.41. The number of hydrogen-bond donors (Lipinski definition) is 0. The van der Waals surface area contributed by atoms with Gasteiger partial charge in [-0.3, -0.25) is 4.90 Å². The van der Waals surface area contributed by atoms with Gasteiger partial charge in [0, 0.05) is 24.2 Å².